The molecule has 572 valence electrons. The molecule has 0 bridgehead atoms. The molecule has 1 N–H and O–H groups in total. The number of hydrogen-bond donors (Lipinski definition) is 1. The molecule has 0 aromatic heterocycles. The number of ketones is 5. The Bertz CT molecular complexity index is 6660. The summed E-state index contributed by atoms with van der Waals surface area (Å²) in [4.78, 5) is 98.8. The summed E-state index contributed by atoms with van der Waals surface area (Å²) in [6.45, 7) is 14.9. The topological polar surface area (TPSA) is 203 Å². The van der Waals surface area contributed by atoms with Crippen molar-refractivity contribution >= 4 is 149 Å². The van der Waals surface area contributed by atoms with E-state index in [0.717, 1.165) is 127 Å². The van der Waals surface area contributed by atoms with Crippen LogP contribution in [0.25, 0.3) is 102 Å². The monoisotopic (exact) mass is 1540 g/mol. The van der Waals surface area contributed by atoms with Crippen LogP contribution < -0.4 is 9.47 Å². The first kappa shape index (κ1) is 77.7. The molecule has 5 aliphatic rings. The highest BCUT2D eigenvalue weighted by molar-refractivity contribution is 6.26. The maximum atomic E-state index is 12.8. The van der Waals surface area contributed by atoms with Gasteiger partial charge in [0.05, 0.1) is 17.7 Å². The minimum absolute atomic E-state index is 0.00467. The molecule has 14 aromatic carbocycles. The van der Waals surface area contributed by atoms with Gasteiger partial charge >= 0.3 is 17.9 Å². The van der Waals surface area contributed by atoms with E-state index in [1.165, 1.54) is 12.2 Å². The van der Waals surface area contributed by atoms with Gasteiger partial charge in [0.2, 0.25) is 0 Å². The molecule has 0 saturated heterocycles. The number of Topliss-reactive ketones (excluding diaryl/α,β-unsaturated/α-hetero) is 3. The summed E-state index contributed by atoms with van der Waals surface area (Å²) < 4.78 is 27.6. The molecule has 0 atom stereocenters. The number of aliphatic hydroxyl groups excluding tert-OH is 1. The fourth-order valence-electron chi connectivity index (χ4n) is 14.6. The predicted octanol–water partition coefficient (Wildman–Crippen LogP) is 22.0. The van der Waals surface area contributed by atoms with Crippen molar-refractivity contribution in [2.24, 2.45) is 0 Å². The van der Waals surface area contributed by atoms with Crippen molar-refractivity contribution in [1.82, 2.24) is 0 Å². The van der Waals surface area contributed by atoms with Gasteiger partial charge < -0.3 is 28.8 Å². The van der Waals surface area contributed by atoms with E-state index in [0.29, 0.717) is 50.3 Å². The lowest BCUT2D eigenvalue weighted by atomic mass is 9.88. The highest BCUT2D eigenvalue weighted by atomic mass is 16.5. The average Bonchev–Trinajstić information content (AvgIpc) is 0.774. The maximum absolute atomic E-state index is 12.8. The van der Waals surface area contributed by atoms with Crippen molar-refractivity contribution in [1.29, 1.82) is 0 Å². The van der Waals surface area contributed by atoms with Crippen LogP contribution in [0.5, 0.6) is 11.5 Å². The van der Waals surface area contributed by atoms with Crippen LogP contribution in [0.4, 0.5) is 0 Å². The first-order chi connectivity index (χ1) is 57.6. The minimum Gasteiger partial charge on any atom is -0.489 e. The zero-order valence-corrected chi connectivity index (χ0v) is 63.7. The number of rotatable bonds is 17. The van der Waals surface area contributed by atoms with Crippen LogP contribution in [-0.2, 0) is 25.6 Å². The second-order valence-electron chi connectivity index (χ2n) is 27.8. The smallest absolute Gasteiger partial charge is 0.343 e. The normalized spacial score (nSPS) is 12.8. The van der Waals surface area contributed by atoms with E-state index in [9.17, 15) is 38.4 Å². The number of ether oxygens (including phenoxy) is 5. The van der Waals surface area contributed by atoms with E-state index < -0.39 is 17.9 Å². The van der Waals surface area contributed by atoms with Crippen LogP contribution in [0, 0.1) is 0 Å². The van der Waals surface area contributed by atoms with E-state index in [4.69, 9.17) is 28.8 Å². The Balaban J connectivity index is 0.000000116. The third kappa shape index (κ3) is 16.5. The molecule has 0 unspecified atom stereocenters. The minimum atomic E-state index is -0.574. The van der Waals surface area contributed by atoms with E-state index in [1.54, 1.807) is 91.0 Å². The molecule has 5 aliphatic carbocycles. The summed E-state index contributed by atoms with van der Waals surface area (Å²) in [5.41, 5.74) is 14.4. The van der Waals surface area contributed by atoms with Gasteiger partial charge in [0.1, 0.15) is 42.8 Å². The molecule has 14 heteroatoms. The van der Waals surface area contributed by atoms with E-state index in [2.05, 4.69) is 26.3 Å². The zero-order valence-electron chi connectivity index (χ0n) is 63.7. The van der Waals surface area contributed by atoms with Crippen LogP contribution >= 0.6 is 0 Å². The average molecular weight is 1550 g/mol. The molecule has 0 radical (unpaired) electrons. The molecule has 118 heavy (non-hydrogen) atoms. The third-order valence-electron chi connectivity index (χ3n) is 20.5. The van der Waals surface area contributed by atoms with Crippen molar-refractivity contribution in [2.75, 3.05) is 19.8 Å². The van der Waals surface area contributed by atoms with Gasteiger partial charge in [-0.3, -0.25) is 24.0 Å². The first-order valence-corrected chi connectivity index (χ1v) is 37.8. The quantitative estimate of drug-likeness (QED) is 0.0512. The Hall–Kier alpha value is -15.6. The SMILES string of the molecule is C=CC(=O)OC1=CC(=O)c2cccc3cccc1c23.C=Cc1ccc(C(=O)OC2=CC(=O)c3cccc4cccc2c34)cc1.C=Cc1ccc(C(=O)OCC2=Cc3cccc4cccc(c34)C2=O)cc1.C=Cc1ccc(OCC2=Cc3cccc4cccc(c34)C2=O)cc1.O=C1C(COc2ccc(CO)cc2)=Cc2cccc3cccc1c23. The molecule has 0 heterocycles. The Kier molecular flexibility index (Phi) is 22.9. The van der Waals surface area contributed by atoms with Gasteiger partial charge in [-0.2, -0.15) is 0 Å². The number of carbonyl (C=O) groups is 8. The van der Waals surface area contributed by atoms with Crippen molar-refractivity contribution < 1.29 is 67.1 Å². The largest absolute Gasteiger partial charge is 0.489 e. The lowest BCUT2D eigenvalue weighted by Gasteiger charge is -2.17. The third-order valence-corrected chi connectivity index (χ3v) is 20.5. The fraction of sp³-hybridized carbons (Fsp3) is 0.0385. The van der Waals surface area contributed by atoms with Crippen molar-refractivity contribution in [3.8, 4) is 11.5 Å². The molecular weight excluding hydrogens is 1470 g/mol. The van der Waals surface area contributed by atoms with Crippen molar-refractivity contribution in [3.05, 3.63) is 429 Å². The number of hydrogen-bond acceptors (Lipinski definition) is 14. The lowest BCUT2D eigenvalue weighted by molar-refractivity contribution is -0.131. The van der Waals surface area contributed by atoms with Gasteiger partial charge in [-0.1, -0.05) is 275 Å². The zero-order chi connectivity index (χ0) is 81.9. The Labute approximate surface area is 679 Å². The molecule has 19 rings (SSSR count). The molecular formula is C104H72O14. The molecule has 14 aromatic rings. The van der Waals surface area contributed by atoms with E-state index >= 15 is 0 Å². The summed E-state index contributed by atoms with van der Waals surface area (Å²) in [5, 5.41) is 18.8. The van der Waals surface area contributed by atoms with Gasteiger partial charge in [0, 0.05) is 101 Å². The maximum Gasteiger partial charge on any atom is 0.343 e. The van der Waals surface area contributed by atoms with Gasteiger partial charge in [0.15, 0.2) is 28.9 Å². The summed E-state index contributed by atoms with van der Waals surface area (Å²) in [7, 11) is 0. The Morgan fingerprint density at radius 2 is 0.627 bits per heavy atom. The standard InChI is InChI=1S/C23H16O3.C22H14O3.C22H16O2.C21H16O3.C16H10O3/c1-2-15-9-11-17(12-10-15)23(25)26-14-19-13-18-7-3-5-16-6-4-8-20(21(16)18)22(19)24;1-2-14-9-11-16(12-10-14)22(24)25-20-13-19(23)17-7-3-5-15-6-4-8-18(20)21(15)17;1-2-15-9-11-19(12-10-15)24-14-18-13-17-7-3-5-16-6-4-8-20(21(16)17)22(18)23;22-12-14-7-9-18(10-8-14)24-13-17-11-16-5-1-3-15-4-2-6-19(20(15)16)21(17)23;1-2-15(18)19-14-9-13(17)11-7-3-5-10-6-4-8-12(14)16(10)11/h2-13H,1,14H2;2-13H,1H2;2-13H,1,14H2;1-11,22H,12-13H2;2-9H,1H2. The molecule has 0 spiro atoms. The van der Waals surface area contributed by atoms with Gasteiger partial charge in [-0.25, -0.2) is 14.4 Å². The van der Waals surface area contributed by atoms with Crippen LogP contribution in [-0.4, -0.2) is 71.8 Å². The van der Waals surface area contributed by atoms with E-state index in [1.807, 2.05) is 224 Å². The highest BCUT2D eigenvalue weighted by Crippen LogP contribution is 2.39. The van der Waals surface area contributed by atoms with Gasteiger partial charge in [-0.05, 0) is 133 Å². The molecule has 0 amide bonds. The van der Waals surface area contributed by atoms with Crippen molar-refractivity contribution in [3.63, 3.8) is 0 Å². The van der Waals surface area contributed by atoms with Gasteiger partial charge in [0.25, 0.3) is 0 Å². The molecule has 0 aliphatic heterocycles. The molecule has 0 fully saturated rings. The van der Waals surface area contributed by atoms with Crippen LogP contribution in [0.3, 0.4) is 0 Å². The van der Waals surface area contributed by atoms with Crippen LogP contribution in [0.2, 0.25) is 0 Å². The Morgan fingerprint density at radius 1 is 0.314 bits per heavy atom. The second kappa shape index (κ2) is 34.8. The summed E-state index contributed by atoms with van der Waals surface area (Å²) in [6, 6.07) is 86.6. The van der Waals surface area contributed by atoms with Gasteiger partial charge in [-0.15, -0.1) is 0 Å². The number of allylic oxidation sites excluding steroid dienone is 2. The predicted molar refractivity (Wildman–Crippen MR) is 466 cm³/mol. The lowest BCUT2D eigenvalue weighted by Crippen LogP contribution is -2.16. The van der Waals surface area contributed by atoms with E-state index in [-0.39, 0.29) is 66.9 Å². The number of esters is 3. The second-order valence-corrected chi connectivity index (χ2v) is 27.8. The number of benzene rings is 14. The molecule has 14 nitrogen and oxygen atoms in total. The highest BCUT2D eigenvalue weighted by Gasteiger charge is 2.29. The fourth-order valence-corrected chi connectivity index (χ4v) is 14.6. The number of carbonyl (C=O) groups excluding carboxylic acids is 8. The van der Waals surface area contributed by atoms with Crippen molar-refractivity contribution in [2.45, 2.75) is 6.61 Å². The summed E-state index contributed by atoms with van der Waals surface area (Å²) in [6.07, 6.45) is 14.7. The molecule has 0 saturated carbocycles. The summed E-state index contributed by atoms with van der Waals surface area (Å²) >= 11 is 0. The van der Waals surface area contributed by atoms with Crippen LogP contribution in [0.1, 0.15) is 123 Å². The van der Waals surface area contributed by atoms with Crippen LogP contribution in [0.15, 0.2) is 340 Å². The number of aliphatic hydroxyl groups is 1. The summed E-state index contributed by atoms with van der Waals surface area (Å²) in [5.74, 6) is 0.117. The first-order valence-electron chi connectivity index (χ1n) is 37.8. The Morgan fingerprint density at radius 3 is 0.992 bits per heavy atom.